The van der Waals surface area contributed by atoms with E-state index < -0.39 is 4.92 Å². The quantitative estimate of drug-likeness (QED) is 0.648. The van der Waals surface area contributed by atoms with Gasteiger partial charge >= 0.3 is 0 Å². The molecule has 21 heavy (non-hydrogen) atoms. The minimum Gasteiger partial charge on any atom is -0.454 e. The van der Waals surface area contributed by atoms with Crippen molar-refractivity contribution in [1.29, 1.82) is 0 Å². The molecule has 1 N–H and O–H groups in total. The van der Waals surface area contributed by atoms with Gasteiger partial charge in [0.1, 0.15) is 5.69 Å². The molecule has 2 aromatic rings. The highest BCUT2D eigenvalue weighted by atomic mass is 79.9. The van der Waals surface area contributed by atoms with E-state index in [-0.39, 0.29) is 12.5 Å². The molecule has 1 aromatic heterocycles. The van der Waals surface area contributed by atoms with Crippen LogP contribution in [-0.2, 0) is 6.54 Å². The number of nitrogens with one attached hydrogen (secondary N) is 1. The van der Waals surface area contributed by atoms with Crippen LogP contribution in [-0.4, -0.2) is 11.7 Å². The third kappa shape index (κ3) is 2.81. The smallest absolute Gasteiger partial charge is 0.296 e. The van der Waals surface area contributed by atoms with Gasteiger partial charge in [0, 0.05) is 26.8 Å². The molecule has 0 fully saturated rings. The number of ether oxygens (including phenoxy) is 2. The second-order valence-corrected chi connectivity index (χ2v) is 6.65. The van der Waals surface area contributed by atoms with Crippen molar-refractivity contribution in [3.05, 3.63) is 42.5 Å². The Morgan fingerprint density at radius 3 is 2.71 bits per heavy atom. The molecule has 1 aliphatic heterocycles. The standard InChI is InChI=1S/C13H11BrN2O4S/c1-7-9(14)2-8(21-7)5-15-10-3-12-13(20-6-19-12)4-11(10)16(17)18/h2-4,15H,5-6H2,1H3. The van der Waals surface area contributed by atoms with Crippen LogP contribution in [0.4, 0.5) is 11.4 Å². The zero-order valence-electron chi connectivity index (χ0n) is 11.0. The van der Waals surface area contributed by atoms with Crippen molar-refractivity contribution in [1.82, 2.24) is 0 Å². The molecule has 0 saturated heterocycles. The number of fused-ring (bicyclic) bond motifs is 1. The third-order valence-electron chi connectivity index (χ3n) is 3.05. The molecule has 1 aromatic carbocycles. The zero-order valence-corrected chi connectivity index (χ0v) is 13.4. The number of hydrogen-bond acceptors (Lipinski definition) is 6. The van der Waals surface area contributed by atoms with E-state index in [4.69, 9.17) is 9.47 Å². The monoisotopic (exact) mass is 370 g/mol. The maximum Gasteiger partial charge on any atom is 0.296 e. The Kier molecular flexibility index (Phi) is 3.73. The van der Waals surface area contributed by atoms with Crippen LogP contribution in [0.2, 0.25) is 0 Å². The SMILES string of the molecule is Cc1sc(CNc2cc3c(cc2[N+](=O)[O-])OCO3)cc1Br. The van der Waals surface area contributed by atoms with Crippen LogP contribution in [0.3, 0.4) is 0 Å². The molecule has 6 nitrogen and oxygen atoms in total. The minimum atomic E-state index is -0.431. The summed E-state index contributed by atoms with van der Waals surface area (Å²) in [7, 11) is 0. The van der Waals surface area contributed by atoms with Crippen molar-refractivity contribution in [2.75, 3.05) is 12.1 Å². The first kappa shape index (κ1) is 14.2. The van der Waals surface area contributed by atoms with Crippen molar-refractivity contribution in [3.8, 4) is 11.5 Å². The molecular weight excluding hydrogens is 360 g/mol. The maximum atomic E-state index is 11.2. The molecule has 1 aliphatic rings. The molecule has 0 atom stereocenters. The molecule has 0 unspecified atom stereocenters. The maximum absolute atomic E-state index is 11.2. The van der Waals surface area contributed by atoms with Crippen LogP contribution < -0.4 is 14.8 Å². The van der Waals surface area contributed by atoms with Gasteiger partial charge in [0.05, 0.1) is 11.0 Å². The van der Waals surface area contributed by atoms with Gasteiger partial charge in [-0.25, -0.2) is 0 Å². The number of hydrogen-bond donors (Lipinski definition) is 1. The molecule has 8 heteroatoms. The summed E-state index contributed by atoms with van der Waals surface area (Å²) in [6.07, 6.45) is 0. The number of aryl methyl sites for hydroxylation is 1. The average Bonchev–Trinajstić information content (AvgIpc) is 3.02. The molecule has 110 valence electrons. The predicted molar refractivity (Wildman–Crippen MR) is 83.3 cm³/mol. The molecule has 0 saturated carbocycles. The molecule has 0 amide bonds. The van der Waals surface area contributed by atoms with E-state index in [0.29, 0.717) is 23.7 Å². The number of halogens is 1. The number of nitro benzene ring substituents is 1. The fraction of sp³-hybridized carbons (Fsp3) is 0.231. The Labute approximate surface area is 133 Å². The van der Waals surface area contributed by atoms with Gasteiger partial charge in [0.25, 0.3) is 5.69 Å². The van der Waals surface area contributed by atoms with Gasteiger partial charge in [0.2, 0.25) is 6.79 Å². The van der Waals surface area contributed by atoms with Gasteiger partial charge in [-0.3, -0.25) is 10.1 Å². The number of benzene rings is 1. The van der Waals surface area contributed by atoms with E-state index in [9.17, 15) is 10.1 Å². The first-order valence-electron chi connectivity index (χ1n) is 6.11. The van der Waals surface area contributed by atoms with Gasteiger partial charge in [-0.1, -0.05) is 0 Å². The van der Waals surface area contributed by atoms with Gasteiger partial charge in [0.15, 0.2) is 11.5 Å². The number of nitro groups is 1. The van der Waals surface area contributed by atoms with Crippen LogP contribution in [0, 0.1) is 17.0 Å². The number of nitrogens with zero attached hydrogens (tertiary/aromatic N) is 1. The lowest BCUT2D eigenvalue weighted by Crippen LogP contribution is -2.01. The number of anilines is 1. The summed E-state index contributed by atoms with van der Waals surface area (Å²) in [5.41, 5.74) is 0.401. The average molecular weight is 371 g/mol. The minimum absolute atomic E-state index is 0.0217. The second kappa shape index (κ2) is 5.53. The highest BCUT2D eigenvalue weighted by Crippen LogP contribution is 2.40. The predicted octanol–water partition coefficient (Wildman–Crippen LogP) is 4.07. The Bertz CT molecular complexity index is 697. The molecule has 3 rings (SSSR count). The van der Waals surface area contributed by atoms with E-state index in [1.165, 1.54) is 10.9 Å². The summed E-state index contributed by atoms with van der Waals surface area (Å²) in [6.45, 7) is 2.62. The number of rotatable bonds is 4. The first-order valence-corrected chi connectivity index (χ1v) is 7.72. The lowest BCUT2D eigenvalue weighted by molar-refractivity contribution is -0.384. The van der Waals surface area contributed by atoms with Crippen molar-refractivity contribution >= 4 is 38.6 Å². The van der Waals surface area contributed by atoms with E-state index in [0.717, 1.165) is 9.35 Å². The molecule has 2 heterocycles. The Hall–Kier alpha value is -1.80. The molecule has 0 aliphatic carbocycles. The van der Waals surface area contributed by atoms with Gasteiger partial charge in [-0.2, -0.15) is 0 Å². The Morgan fingerprint density at radius 2 is 2.10 bits per heavy atom. The van der Waals surface area contributed by atoms with E-state index in [1.54, 1.807) is 17.4 Å². The highest BCUT2D eigenvalue weighted by molar-refractivity contribution is 9.10. The Morgan fingerprint density at radius 1 is 1.38 bits per heavy atom. The fourth-order valence-corrected chi connectivity index (χ4v) is 3.55. The van der Waals surface area contributed by atoms with Gasteiger partial charge in [-0.05, 0) is 28.9 Å². The van der Waals surface area contributed by atoms with Crippen molar-refractivity contribution in [2.24, 2.45) is 0 Å². The van der Waals surface area contributed by atoms with Crippen molar-refractivity contribution in [3.63, 3.8) is 0 Å². The lowest BCUT2D eigenvalue weighted by Gasteiger charge is -2.07. The van der Waals surface area contributed by atoms with Gasteiger partial charge in [-0.15, -0.1) is 11.3 Å². The summed E-state index contributed by atoms with van der Waals surface area (Å²) >= 11 is 5.10. The topological polar surface area (TPSA) is 73.6 Å². The van der Waals surface area contributed by atoms with Crippen molar-refractivity contribution < 1.29 is 14.4 Å². The fourth-order valence-electron chi connectivity index (χ4n) is 2.01. The van der Waals surface area contributed by atoms with Crippen LogP contribution in [0.15, 0.2) is 22.7 Å². The summed E-state index contributed by atoms with van der Waals surface area (Å²) in [5.74, 6) is 0.925. The first-order chi connectivity index (χ1) is 10.0. The van der Waals surface area contributed by atoms with Crippen molar-refractivity contribution in [2.45, 2.75) is 13.5 Å². The Balaban J connectivity index is 1.85. The van der Waals surface area contributed by atoms with Crippen LogP contribution in [0.1, 0.15) is 9.75 Å². The lowest BCUT2D eigenvalue weighted by atomic mass is 10.2. The molecule has 0 spiro atoms. The molecular formula is C13H11BrN2O4S. The van der Waals surface area contributed by atoms with E-state index in [1.807, 2.05) is 13.0 Å². The van der Waals surface area contributed by atoms with Crippen LogP contribution in [0.25, 0.3) is 0 Å². The van der Waals surface area contributed by atoms with Gasteiger partial charge < -0.3 is 14.8 Å². The highest BCUT2D eigenvalue weighted by Gasteiger charge is 2.23. The van der Waals surface area contributed by atoms with E-state index >= 15 is 0 Å². The molecule has 0 radical (unpaired) electrons. The summed E-state index contributed by atoms with van der Waals surface area (Å²) in [6, 6.07) is 5.00. The normalized spacial score (nSPS) is 12.5. The largest absolute Gasteiger partial charge is 0.454 e. The number of thiophene rings is 1. The second-order valence-electron chi connectivity index (χ2n) is 4.45. The molecule has 0 bridgehead atoms. The third-order valence-corrected chi connectivity index (χ3v) is 5.19. The van der Waals surface area contributed by atoms with Crippen LogP contribution in [0.5, 0.6) is 11.5 Å². The summed E-state index contributed by atoms with van der Waals surface area (Å²) in [5, 5.41) is 14.2. The zero-order chi connectivity index (χ0) is 15.0. The van der Waals surface area contributed by atoms with Crippen LogP contribution >= 0.6 is 27.3 Å². The summed E-state index contributed by atoms with van der Waals surface area (Å²) in [4.78, 5) is 13.0. The summed E-state index contributed by atoms with van der Waals surface area (Å²) < 4.78 is 11.5. The van der Waals surface area contributed by atoms with E-state index in [2.05, 4.69) is 21.2 Å².